The van der Waals surface area contributed by atoms with E-state index in [-0.39, 0.29) is 0 Å². The molecule has 0 unspecified atom stereocenters. The van der Waals surface area contributed by atoms with Crippen molar-refractivity contribution in [3.8, 4) is 50.2 Å². The van der Waals surface area contributed by atoms with Gasteiger partial charge in [-0.2, -0.15) is 0 Å². The van der Waals surface area contributed by atoms with Gasteiger partial charge in [0.15, 0.2) is 0 Å². The standard InChI is InChI=1S/C60H40N2S/c1-3-19-41(20-4-1)46-25-7-8-26-47(46)48-27-9-10-28-49(48)50-29-11-14-32-54(50)62(57-34-18-36-59-60(57)52-31-13-16-35-58(52)63-59)45-24-17-21-42(39-45)43-37-38-56-53(40-43)51-30-12-15-33-55(51)61(56)44-22-5-2-6-23-44/h1-40H. The largest absolute Gasteiger partial charge is 0.309 e. The maximum atomic E-state index is 2.50. The number of hydrogen-bond donors (Lipinski definition) is 0. The summed E-state index contributed by atoms with van der Waals surface area (Å²) >= 11 is 1.86. The lowest BCUT2D eigenvalue weighted by molar-refractivity contribution is 1.18. The van der Waals surface area contributed by atoms with Crippen LogP contribution in [-0.4, -0.2) is 4.57 Å². The molecule has 0 bridgehead atoms. The van der Waals surface area contributed by atoms with Gasteiger partial charge >= 0.3 is 0 Å². The molecule has 0 radical (unpaired) electrons. The predicted molar refractivity (Wildman–Crippen MR) is 270 cm³/mol. The van der Waals surface area contributed by atoms with Crippen LogP contribution in [0.4, 0.5) is 17.1 Å². The number of rotatable bonds is 8. The van der Waals surface area contributed by atoms with E-state index in [0.29, 0.717) is 0 Å². The Hall–Kier alpha value is -7.98. The van der Waals surface area contributed by atoms with Crippen molar-refractivity contribution in [2.24, 2.45) is 0 Å². The summed E-state index contributed by atoms with van der Waals surface area (Å²) in [5.41, 5.74) is 16.4. The third kappa shape index (κ3) is 6.33. The molecule has 63 heavy (non-hydrogen) atoms. The van der Waals surface area contributed by atoms with Crippen molar-refractivity contribution in [3.05, 3.63) is 243 Å². The smallest absolute Gasteiger partial charge is 0.0555 e. The Morgan fingerprint density at radius 3 is 1.67 bits per heavy atom. The SMILES string of the molecule is c1ccc(-c2ccccc2-c2ccccc2-c2ccccc2N(c2cccc(-c3ccc4c(c3)c3ccccc3n4-c3ccccc3)c2)c2cccc3sc4ccccc4c23)cc1. The number of benzene rings is 10. The summed E-state index contributed by atoms with van der Waals surface area (Å²) < 4.78 is 4.93. The maximum Gasteiger partial charge on any atom is 0.0555 e. The molecular weight excluding hydrogens is 781 g/mol. The fraction of sp³-hybridized carbons (Fsp3) is 0. The fourth-order valence-corrected chi connectivity index (χ4v) is 10.7. The van der Waals surface area contributed by atoms with Gasteiger partial charge in [0, 0.05) is 47.9 Å². The lowest BCUT2D eigenvalue weighted by Crippen LogP contribution is -2.12. The zero-order chi connectivity index (χ0) is 41.7. The number of anilines is 3. The minimum Gasteiger partial charge on any atom is -0.309 e. The Morgan fingerprint density at radius 2 is 0.857 bits per heavy atom. The Kier molecular flexibility index (Phi) is 9.06. The third-order valence-electron chi connectivity index (χ3n) is 12.4. The van der Waals surface area contributed by atoms with Crippen LogP contribution in [0, 0.1) is 0 Å². The van der Waals surface area contributed by atoms with E-state index in [0.717, 1.165) is 33.9 Å². The third-order valence-corrected chi connectivity index (χ3v) is 13.5. The van der Waals surface area contributed by atoms with Crippen LogP contribution in [0.15, 0.2) is 243 Å². The van der Waals surface area contributed by atoms with Crippen molar-refractivity contribution >= 4 is 70.4 Å². The van der Waals surface area contributed by atoms with Crippen LogP contribution in [0.2, 0.25) is 0 Å². The molecule has 0 aliphatic rings. The number of aromatic nitrogens is 1. The van der Waals surface area contributed by atoms with Gasteiger partial charge < -0.3 is 9.47 Å². The summed E-state index contributed by atoms with van der Waals surface area (Å²) in [6, 6.07) is 88.5. The first-order chi connectivity index (χ1) is 31.3. The molecule has 0 aliphatic carbocycles. The summed E-state index contributed by atoms with van der Waals surface area (Å²) in [5, 5.41) is 5.01. The minimum atomic E-state index is 1.09. The van der Waals surface area contributed by atoms with Gasteiger partial charge in [0.25, 0.3) is 0 Å². The van der Waals surface area contributed by atoms with Crippen molar-refractivity contribution in [1.82, 2.24) is 4.57 Å². The lowest BCUT2D eigenvalue weighted by Gasteiger charge is -2.29. The van der Waals surface area contributed by atoms with Crippen molar-refractivity contribution in [2.45, 2.75) is 0 Å². The quantitative estimate of drug-likeness (QED) is 0.148. The Balaban J connectivity index is 1.07. The van der Waals surface area contributed by atoms with E-state index in [1.165, 1.54) is 75.4 Å². The highest BCUT2D eigenvalue weighted by molar-refractivity contribution is 7.26. The normalized spacial score (nSPS) is 11.5. The molecule has 0 saturated heterocycles. The molecule has 0 aliphatic heterocycles. The first kappa shape index (κ1) is 36.8. The molecule has 2 aromatic heterocycles. The Labute approximate surface area is 370 Å². The number of nitrogens with zero attached hydrogens (tertiary/aromatic N) is 2. The average Bonchev–Trinajstić information content (AvgIpc) is 3.91. The summed E-state index contributed by atoms with van der Waals surface area (Å²) in [4.78, 5) is 2.50. The molecule has 0 atom stereocenters. The monoisotopic (exact) mass is 820 g/mol. The van der Waals surface area contributed by atoms with E-state index in [4.69, 9.17) is 0 Å². The van der Waals surface area contributed by atoms with E-state index in [1.54, 1.807) is 0 Å². The molecule has 0 N–H and O–H groups in total. The topological polar surface area (TPSA) is 8.17 Å². The van der Waals surface area contributed by atoms with E-state index in [1.807, 2.05) is 11.3 Å². The van der Waals surface area contributed by atoms with Crippen molar-refractivity contribution in [1.29, 1.82) is 0 Å². The summed E-state index contributed by atoms with van der Waals surface area (Å²) in [6.07, 6.45) is 0. The molecule has 10 aromatic carbocycles. The summed E-state index contributed by atoms with van der Waals surface area (Å²) in [7, 11) is 0. The number of para-hydroxylation sites is 3. The number of fused-ring (bicyclic) bond motifs is 6. The molecule has 3 heteroatoms. The average molecular weight is 821 g/mol. The van der Waals surface area contributed by atoms with Crippen LogP contribution in [0.1, 0.15) is 0 Å². The van der Waals surface area contributed by atoms with Gasteiger partial charge in [-0.05, 0) is 106 Å². The second-order valence-corrected chi connectivity index (χ2v) is 17.1. The van der Waals surface area contributed by atoms with Gasteiger partial charge in [0.1, 0.15) is 0 Å². The molecule has 12 aromatic rings. The molecule has 0 amide bonds. The second kappa shape index (κ2) is 15.5. The minimum absolute atomic E-state index is 1.09. The predicted octanol–water partition coefficient (Wildman–Crippen LogP) is 17.3. The van der Waals surface area contributed by atoms with Crippen molar-refractivity contribution < 1.29 is 0 Å². The van der Waals surface area contributed by atoms with Gasteiger partial charge in [-0.1, -0.05) is 176 Å². The highest BCUT2D eigenvalue weighted by Gasteiger charge is 2.23. The van der Waals surface area contributed by atoms with Gasteiger partial charge in [-0.3, -0.25) is 0 Å². The van der Waals surface area contributed by atoms with Crippen LogP contribution in [0.5, 0.6) is 0 Å². The molecule has 0 spiro atoms. The van der Waals surface area contributed by atoms with Gasteiger partial charge in [-0.25, -0.2) is 0 Å². The fourth-order valence-electron chi connectivity index (χ4n) is 9.62. The molecular formula is C60H40N2S. The Bertz CT molecular complexity index is 3640. The summed E-state index contributed by atoms with van der Waals surface area (Å²) in [5.74, 6) is 0. The van der Waals surface area contributed by atoms with Crippen LogP contribution < -0.4 is 4.90 Å². The molecule has 12 rings (SSSR count). The van der Waals surface area contributed by atoms with E-state index in [2.05, 4.69) is 252 Å². The Morgan fingerprint density at radius 1 is 0.317 bits per heavy atom. The second-order valence-electron chi connectivity index (χ2n) is 16.0. The number of hydrogen-bond acceptors (Lipinski definition) is 2. The van der Waals surface area contributed by atoms with Crippen LogP contribution in [0.25, 0.3) is 92.2 Å². The summed E-state index contributed by atoms with van der Waals surface area (Å²) in [6.45, 7) is 0. The first-order valence-electron chi connectivity index (χ1n) is 21.5. The van der Waals surface area contributed by atoms with Crippen molar-refractivity contribution in [3.63, 3.8) is 0 Å². The molecule has 296 valence electrons. The zero-order valence-electron chi connectivity index (χ0n) is 34.4. The lowest BCUT2D eigenvalue weighted by atomic mass is 9.88. The van der Waals surface area contributed by atoms with E-state index in [9.17, 15) is 0 Å². The van der Waals surface area contributed by atoms with E-state index < -0.39 is 0 Å². The van der Waals surface area contributed by atoms with Crippen LogP contribution >= 0.6 is 11.3 Å². The zero-order valence-corrected chi connectivity index (χ0v) is 35.2. The van der Waals surface area contributed by atoms with Crippen molar-refractivity contribution in [2.75, 3.05) is 4.90 Å². The highest BCUT2D eigenvalue weighted by Crippen LogP contribution is 2.49. The highest BCUT2D eigenvalue weighted by atomic mass is 32.1. The molecule has 0 saturated carbocycles. The molecule has 2 heterocycles. The van der Waals surface area contributed by atoms with Crippen LogP contribution in [-0.2, 0) is 0 Å². The first-order valence-corrected chi connectivity index (χ1v) is 22.3. The van der Waals surface area contributed by atoms with Gasteiger partial charge in [0.2, 0.25) is 0 Å². The van der Waals surface area contributed by atoms with E-state index >= 15 is 0 Å². The molecule has 2 nitrogen and oxygen atoms in total. The van der Waals surface area contributed by atoms with Crippen LogP contribution in [0.3, 0.4) is 0 Å². The van der Waals surface area contributed by atoms with Gasteiger partial charge in [0.05, 0.1) is 22.4 Å². The van der Waals surface area contributed by atoms with Gasteiger partial charge in [-0.15, -0.1) is 11.3 Å². The maximum absolute atomic E-state index is 2.50. The molecule has 0 fully saturated rings. The number of thiophene rings is 1.